The molecule has 3 aromatic rings. The van der Waals surface area contributed by atoms with Crippen LogP contribution in [-0.2, 0) is 21.4 Å². The Morgan fingerprint density at radius 1 is 0.943 bits per heavy atom. The van der Waals surface area contributed by atoms with Crippen LogP contribution in [0.25, 0.3) is 0 Å². The topological polar surface area (TPSA) is 66.9 Å². The lowest BCUT2D eigenvalue weighted by Gasteiger charge is -2.30. The molecule has 0 bridgehead atoms. The van der Waals surface area contributed by atoms with Gasteiger partial charge in [-0.15, -0.1) is 0 Å². The fraction of sp³-hybridized carbons (Fsp3) is 0.321. The first-order valence-corrected chi connectivity index (χ1v) is 13.4. The molecule has 1 aliphatic heterocycles. The van der Waals surface area contributed by atoms with Crippen LogP contribution >= 0.6 is 0 Å². The molecule has 1 heterocycles. The zero-order valence-electron chi connectivity index (χ0n) is 20.3. The van der Waals surface area contributed by atoms with E-state index < -0.39 is 10.0 Å². The van der Waals surface area contributed by atoms with Gasteiger partial charge in [-0.2, -0.15) is 0 Å². The molecule has 35 heavy (non-hydrogen) atoms. The second kappa shape index (κ2) is 11.0. The van der Waals surface area contributed by atoms with Crippen LogP contribution < -0.4 is 9.04 Å². The second-order valence-corrected chi connectivity index (χ2v) is 11.0. The van der Waals surface area contributed by atoms with Crippen LogP contribution in [0.3, 0.4) is 0 Å². The average molecular weight is 493 g/mol. The van der Waals surface area contributed by atoms with E-state index in [9.17, 15) is 13.2 Å². The van der Waals surface area contributed by atoms with E-state index in [4.69, 9.17) is 4.74 Å². The summed E-state index contributed by atoms with van der Waals surface area (Å²) in [6, 6.07) is 23.2. The summed E-state index contributed by atoms with van der Waals surface area (Å²) in [5, 5.41) is 0. The number of carbonyl (C=O) groups is 1. The molecule has 0 saturated carbocycles. The minimum absolute atomic E-state index is 0.0198. The normalized spacial score (nSPS) is 14.5. The molecule has 0 radical (unpaired) electrons. The maximum Gasteiger partial charge on any atom is 0.264 e. The second-order valence-electron chi connectivity index (χ2n) is 9.16. The van der Waals surface area contributed by atoms with Crippen LogP contribution in [0.5, 0.6) is 5.75 Å². The number of anilines is 1. The Morgan fingerprint density at radius 2 is 1.57 bits per heavy atom. The van der Waals surface area contributed by atoms with Crippen molar-refractivity contribution in [2.75, 3.05) is 24.0 Å². The fourth-order valence-corrected chi connectivity index (χ4v) is 5.56. The highest BCUT2D eigenvalue weighted by atomic mass is 32.2. The Kier molecular flexibility index (Phi) is 7.76. The van der Waals surface area contributed by atoms with E-state index in [1.54, 1.807) is 48.5 Å². The smallest absolute Gasteiger partial charge is 0.264 e. The standard InChI is InChI=1S/C28H32N2O4S/c1-22-8-14-27(15-9-22)35(32,33)30(20-24-6-4-3-5-7-24)25-10-12-26(13-11-25)34-21-28(31)29-18-16-23(2)17-19-29/h3-15,23H,16-21H2,1-2H3. The molecular formula is C28H32N2O4S. The van der Waals surface area contributed by atoms with Gasteiger partial charge in [0, 0.05) is 13.1 Å². The van der Waals surface area contributed by atoms with Crippen molar-refractivity contribution >= 4 is 21.6 Å². The Labute approximate surface area is 208 Å². The number of hydrogen-bond acceptors (Lipinski definition) is 4. The Hall–Kier alpha value is -3.32. The monoisotopic (exact) mass is 492 g/mol. The van der Waals surface area contributed by atoms with Crippen molar-refractivity contribution in [2.45, 2.75) is 38.1 Å². The summed E-state index contributed by atoms with van der Waals surface area (Å²) in [4.78, 5) is 14.6. The lowest BCUT2D eigenvalue weighted by Crippen LogP contribution is -2.40. The number of sulfonamides is 1. The molecule has 1 amide bonds. The van der Waals surface area contributed by atoms with Gasteiger partial charge in [-0.05, 0) is 67.6 Å². The van der Waals surface area contributed by atoms with Gasteiger partial charge >= 0.3 is 0 Å². The number of carbonyl (C=O) groups excluding carboxylic acids is 1. The highest BCUT2D eigenvalue weighted by Gasteiger charge is 2.25. The fourth-order valence-electron chi connectivity index (χ4n) is 4.10. The summed E-state index contributed by atoms with van der Waals surface area (Å²) in [5.41, 5.74) is 2.40. The molecule has 1 aliphatic rings. The number of piperidine rings is 1. The van der Waals surface area contributed by atoms with Crippen LogP contribution in [0.15, 0.2) is 83.8 Å². The van der Waals surface area contributed by atoms with Crippen LogP contribution in [0.4, 0.5) is 5.69 Å². The Bertz CT molecular complexity index is 1220. The van der Waals surface area contributed by atoms with Gasteiger partial charge in [0.15, 0.2) is 6.61 Å². The zero-order chi connectivity index (χ0) is 24.8. The summed E-state index contributed by atoms with van der Waals surface area (Å²) >= 11 is 0. The molecule has 184 valence electrons. The molecule has 4 rings (SSSR count). The number of amides is 1. The lowest BCUT2D eigenvalue weighted by atomic mass is 9.99. The quantitative estimate of drug-likeness (QED) is 0.442. The van der Waals surface area contributed by atoms with E-state index in [1.165, 1.54) is 4.31 Å². The Morgan fingerprint density at radius 3 is 2.20 bits per heavy atom. The molecule has 0 aliphatic carbocycles. The van der Waals surface area contributed by atoms with E-state index in [0.717, 1.165) is 37.1 Å². The van der Waals surface area contributed by atoms with Gasteiger partial charge in [0.05, 0.1) is 17.1 Å². The van der Waals surface area contributed by atoms with Crippen molar-refractivity contribution in [3.8, 4) is 5.75 Å². The minimum atomic E-state index is -3.79. The summed E-state index contributed by atoms with van der Waals surface area (Å²) in [6.45, 7) is 5.85. The van der Waals surface area contributed by atoms with Crippen molar-refractivity contribution in [1.82, 2.24) is 4.90 Å². The maximum atomic E-state index is 13.6. The van der Waals surface area contributed by atoms with Crippen molar-refractivity contribution in [3.63, 3.8) is 0 Å². The first-order chi connectivity index (χ1) is 16.8. The highest BCUT2D eigenvalue weighted by Crippen LogP contribution is 2.28. The first kappa shape index (κ1) is 24.8. The van der Waals surface area contributed by atoms with E-state index >= 15 is 0 Å². The van der Waals surface area contributed by atoms with Crippen LogP contribution in [0, 0.1) is 12.8 Å². The van der Waals surface area contributed by atoms with Crippen LogP contribution in [0.2, 0.25) is 0 Å². The van der Waals surface area contributed by atoms with Gasteiger partial charge in [-0.3, -0.25) is 9.10 Å². The minimum Gasteiger partial charge on any atom is -0.484 e. The maximum absolute atomic E-state index is 13.6. The van der Waals surface area contributed by atoms with Gasteiger partial charge in [0.2, 0.25) is 0 Å². The highest BCUT2D eigenvalue weighted by molar-refractivity contribution is 7.92. The number of rotatable bonds is 8. The third-order valence-electron chi connectivity index (χ3n) is 6.40. The molecule has 7 heteroatoms. The SMILES string of the molecule is Cc1ccc(S(=O)(=O)N(Cc2ccccc2)c2ccc(OCC(=O)N3CCC(C)CC3)cc2)cc1. The van der Waals surface area contributed by atoms with E-state index in [0.29, 0.717) is 17.4 Å². The molecule has 0 aromatic heterocycles. The summed E-state index contributed by atoms with van der Waals surface area (Å²) in [6.07, 6.45) is 2.04. The van der Waals surface area contributed by atoms with Crippen molar-refractivity contribution in [2.24, 2.45) is 5.92 Å². The van der Waals surface area contributed by atoms with Crippen molar-refractivity contribution in [3.05, 3.63) is 90.0 Å². The molecule has 3 aromatic carbocycles. The van der Waals surface area contributed by atoms with Crippen LogP contribution in [0.1, 0.15) is 30.9 Å². The lowest BCUT2D eigenvalue weighted by molar-refractivity contribution is -0.134. The third kappa shape index (κ3) is 6.22. The molecule has 1 fully saturated rings. The summed E-state index contributed by atoms with van der Waals surface area (Å²) < 4.78 is 34.3. The van der Waals surface area contributed by atoms with Gasteiger partial charge in [-0.1, -0.05) is 55.0 Å². The van der Waals surface area contributed by atoms with Gasteiger partial charge in [0.25, 0.3) is 15.9 Å². The number of benzene rings is 3. The summed E-state index contributed by atoms with van der Waals surface area (Å²) in [5.74, 6) is 1.16. The van der Waals surface area contributed by atoms with Crippen molar-refractivity contribution in [1.29, 1.82) is 0 Å². The van der Waals surface area contributed by atoms with E-state index in [1.807, 2.05) is 42.2 Å². The van der Waals surface area contributed by atoms with Gasteiger partial charge < -0.3 is 9.64 Å². The molecule has 0 atom stereocenters. The van der Waals surface area contributed by atoms with Gasteiger partial charge in [-0.25, -0.2) is 8.42 Å². The zero-order valence-corrected chi connectivity index (χ0v) is 21.1. The molecule has 0 N–H and O–H groups in total. The van der Waals surface area contributed by atoms with Gasteiger partial charge in [0.1, 0.15) is 5.75 Å². The number of ether oxygens (including phenoxy) is 1. The third-order valence-corrected chi connectivity index (χ3v) is 8.19. The number of hydrogen-bond donors (Lipinski definition) is 0. The molecule has 6 nitrogen and oxygen atoms in total. The number of nitrogens with zero attached hydrogens (tertiary/aromatic N) is 2. The van der Waals surface area contributed by atoms with Crippen molar-refractivity contribution < 1.29 is 17.9 Å². The molecule has 1 saturated heterocycles. The Balaban J connectivity index is 1.51. The summed E-state index contributed by atoms with van der Waals surface area (Å²) in [7, 11) is -3.79. The number of aryl methyl sites for hydroxylation is 1. The predicted molar refractivity (Wildman–Crippen MR) is 138 cm³/mol. The first-order valence-electron chi connectivity index (χ1n) is 12.0. The number of likely N-dealkylation sites (tertiary alicyclic amines) is 1. The predicted octanol–water partition coefficient (Wildman–Crippen LogP) is 5.03. The largest absolute Gasteiger partial charge is 0.484 e. The average Bonchev–Trinajstić information content (AvgIpc) is 2.87. The molecule has 0 spiro atoms. The molecule has 0 unspecified atom stereocenters. The van der Waals surface area contributed by atoms with E-state index in [2.05, 4.69) is 6.92 Å². The van der Waals surface area contributed by atoms with E-state index in [-0.39, 0.29) is 24.0 Å². The molecular weight excluding hydrogens is 460 g/mol. The van der Waals surface area contributed by atoms with Crippen LogP contribution in [-0.4, -0.2) is 38.9 Å².